The summed E-state index contributed by atoms with van der Waals surface area (Å²) >= 11 is 0. The van der Waals surface area contributed by atoms with Crippen molar-refractivity contribution in [3.63, 3.8) is 0 Å². The summed E-state index contributed by atoms with van der Waals surface area (Å²) in [6.45, 7) is 24.8. The number of aliphatic hydroxyl groups is 1. The van der Waals surface area contributed by atoms with Gasteiger partial charge in [0.05, 0.1) is 47.6 Å². The number of carbonyl (C=O) groups is 1. The molecule has 5 heterocycles. The van der Waals surface area contributed by atoms with Gasteiger partial charge in [0.2, 0.25) is 0 Å². The van der Waals surface area contributed by atoms with Crippen molar-refractivity contribution >= 4 is 5.97 Å². The number of cyclic esters (lactones) is 1. The standard InChI is InChI=1S/C40H71NO11/c1-15-30-25(7)34-28(10)40(46-20-45-34)22(4)17-39(12,52-40)35(51-37-32(42)29(16-23(5)48-37)41(13)21(2)3)26(8)33(27(9)36(43)49-30)50-31-19-38(11,44-14)18-24(6)47-31/h21-35,37,42H,15-20H2,1-14H3/t22?,23-,24+,25+,26+,27-,28-,29+,30-,31+,32-,33+,34+,35-,37+,38+,39-,40?/m1/s1. The fraction of sp³-hybridized carbons (Fsp3) is 0.975. The Bertz CT molecular complexity index is 1210. The van der Waals surface area contributed by atoms with Gasteiger partial charge in [-0.1, -0.05) is 34.6 Å². The summed E-state index contributed by atoms with van der Waals surface area (Å²) in [5, 5.41) is 11.9. The zero-order valence-electron chi connectivity index (χ0n) is 34.5. The molecule has 1 spiro atoms. The predicted octanol–water partition coefficient (Wildman–Crippen LogP) is 5.66. The van der Waals surface area contributed by atoms with Crippen LogP contribution in [0.25, 0.3) is 0 Å². The van der Waals surface area contributed by atoms with Crippen LogP contribution in [0.3, 0.4) is 0 Å². The Labute approximate surface area is 313 Å². The Hall–Kier alpha value is -0.930. The Morgan fingerprint density at radius 1 is 0.962 bits per heavy atom. The Balaban J connectivity index is 1.61. The van der Waals surface area contributed by atoms with Crippen molar-refractivity contribution in [2.45, 2.75) is 200 Å². The molecule has 3 bridgehead atoms. The minimum atomic E-state index is -0.979. The minimum Gasteiger partial charge on any atom is -0.462 e. The molecule has 0 saturated carbocycles. The molecule has 1 N–H and O–H groups in total. The van der Waals surface area contributed by atoms with Crippen LogP contribution < -0.4 is 0 Å². The molecular weight excluding hydrogens is 670 g/mol. The number of esters is 1. The molecule has 18 atom stereocenters. The van der Waals surface area contributed by atoms with Crippen molar-refractivity contribution in [1.29, 1.82) is 0 Å². The maximum atomic E-state index is 14.3. The second-order valence-corrected chi connectivity index (χ2v) is 17.8. The highest BCUT2D eigenvalue weighted by molar-refractivity contribution is 5.73. The predicted molar refractivity (Wildman–Crippen MR) is 194 cm³/mol. The number of hydrogen-bond donors (Lipinski definition) is 1. The molecule has 12 nitrogen and oxygen atoms in total. The summed E-state index contributed by atoms with van der Waals surface area (Å²) in [7, 11) is 3.74. The molecule has 0 aromatic rings. The van der Waals surface area contributed by atoms with E-state index < -0.39 is 65.8 Å². The van der Waals surface area contributed by atoms with E-state index in [0.29, 0.717) is 25.7 Å². The Morgan fingerprint density at radius 3 is 2.29 bits per heavy atom. The van der Waals surface area contributed by atoms with Gasteiger partial charge in [-0.3, -0.25) is 9.69 Å². The molecule has 12 heteroatoms. The van der Waals surface area contributed by atoms with Crippen LogP contribution in [0, 0.1) is 29.6 Å². The summed E-state index contributed by atoms with van der Waals surface area (Å²) in [6.07, 6.45) is -1.84. The summed E-state index contributed by atoms with van der Waals surface area (Å²) in [6, 6.07) is 0.0270. The molecule has 0 radical (unpaired) electrons. The maximum Gasteiger partial charge on any atom is 0.311 e. The van der Waals surface area contributed by atoms with Crippen LogP contribution >= 0.6 is 0 Å². The third kappa shape index (κ3) is 8.13. The number of ether oxygens (including phenoxy) is 9. The van der Waals surface area contributed by atoms with Gasteiger partial charge in [-0.15, -0.1) is 0 Å². The van der Waals surface area contributed by atoms with E-state index in [1.807, 2.05) is 41.7 Å². The zero-order valence-corrected chi connectivity index (χ0v) is 34.5. The molecule has 5 aliphatic heterocycles. The quantitative estimate of drug-likeness (QED) is 0.309. The molecule has 5 saturated heterocycles. The van der Waals surface area contributed by atoms with Crippen LogP contribution in [0.1, 0.15) is 115 Å². The van der Waals surface area contributed by atoms with E-state index in [9.17, 15) is 9.90 Å². The summed E-state index contributed by atoms with van der Waals surface area (Å²) < 4.78 is 59.4. The first-order chi connectivity index (χ1) is 24.3. The summed E-state index contributed by atoms with van der Waals surface area (Å²) in [5.74, 6) is -2.86. The fourth-order valence-corrected chi connectivity index (χ4v) is 10.2. The van der Waals surface area contributed by atoms with Gasteiger partial charge < -0.3 is 47.7 Å². The molecule has 5 fully saturated rings. The molecule has 52 heavy (non-hydrogen) atoms. The number of rotatable bonds is 8. The van der Waals surface area contributed by atoms with Crippen LogP contribution in [0.15, 0.2) is 0 Å². The molecule has 0 aromatic heterocycles. The maximum absolute atomic E-state index is 14.3. The largest absolute Gasteiger partial charge is 0.462 e. The average Bonchev–Trinajstić information content (AvgIpc) is 3.34. The molecule has 0 aromatic carbocycles. The van der Waals surface area contributed by atoms with E-state index >= 15 is 0 Å². The van der Waals surface area contributed by atoms with Crippen molar-refractivity contribution in [2.75, 3.05) is 21.0 Å². The first-order valence-corrected chi connectivity index (χ1v) is 20.0. The lowest BCUT2D eigenvalue weighted by Gasteiger charge is -2.50. The molecular formula is C40H71NO11. The van der Waals surface area contributed by atoms with Gasteiger partial charge in [0.15, 0.2) is 25.2 Å². The SMILES string of the molecule is CC[C@H]1OC(=O)[C@H](C)[C@@H](O[C@H]2C[C@@](C)(OC)C[C@H](C)O2)[C@H](C)[C@@H](O[C@@H]2O[C@H](C)C[C@H](N(C)C(C)C)[C@H]2O)[C@@]2(C)CC(C)C3(OCO[C@@H]([C@H]1C)[C@H]3C)O2. The summed E-state index contributed by atoms with van der Waals surface area (Å²) in [4.78, 5) is 16.5. The third-order valence-electron chi connectivity index (χ3n) is 13.4. The van der Waals surface area contributed by atoms with Gasteiger partial charge in [-0.05, 0) is 74.8 Å². The number of aliphatic hydroxyl groups excluding tert-OH is 1. The number of fused-ring (bicyclic) bond motifs is 2. The van der Waals surface area contributed by atoms with E-state index in [1.54, 1.807) is 7.11 Å². The zero-order chi connectivity index (χ0) is 38.5. The average molecular weight is 742 g/mol. The molecule has 302 valence electrons. The lowest BCUT2D eigenvalue weighted by Crippen LogP contribution is -2.61. The Kier molecular flexibility index (Phi) is 13.2. The van der Waals surface area contributed by atoms with Crippen molar-refractivity contribution in [2.24, 2.45) is 29.6 Å². The molecule has 2 unspecified atom stereocenters. The number of nitrogens with zero attached hydrogens (tertiary/aromatic N) is 1. The van der Waals surface area contributed by atoms with Crippen LogP contribution in [0.5, 0.6) is 0 Å². The Morgan fingerprint density at radius 2 is 1.65 bits per heavy atom. The number of hydrogen-bond acceptors (Lipinski definition) is 12. The van der Waals surface area contributed by atoms with E-state index in [1.165, 1.54) is 0 Å². The molecule has 0 aliphatic carbocycles. The fourth-order valence-electron chi connectivity index (χ4n) is 10.2. The third-order valence-corrected chi connectivity index (χ3v) is 13.4. The van der Waals surface area contributed by atoms with Gasteiger partial charge in [-0.25, -0.2) is 0 Å². The first kappa shape index (κ1) is 42.2. The van der Waals surface area contributed by atoms with Gasteiger partial charge in [0.1, 0.15) is 12.2 Å². The smallest absolute Gasteiger partial charge is 0.311 e. The van der Waals surface area contributed by atoms with Crippen LogP contribution in [-0.2, 0) is 47.4 Å². The van der Waals surface area contributed by atoms with Gasteiger partial charge >= 0.3 is 5.97 Å². The molecule has 5 rings (SSSR count). The number of likely N-dealkylation sites (N-methyl/N-ethyl adjacent to an activating group) is 1. The summed E-state index contributed by atoms with van der Waals surface area (Å²) in [5.41, 5.74) is -1.40. The highest BCUT2D eigenvalue weighted by Crippen LogP contribution is 2.55. The van der Waals surface area contributed by atoms with Crippen molar-refractivity contribution in [3.05, 3.63) is 0 Å². The second-order valence-electron chi connectivity index (χ2n) is 17.8. The first-order valence-electron chi connectivity index (χ1n) is 20.0. The highest BCUT2D eigenvalue weighted by atomic mass is 16.8. The number of methoxy groups -OCH3 is 1. The van der Waals surface area contributed by atoms with Crippen molar-refractivity contribution in [3.8, 4) is 0 Å². The highest BCUT2D eigenvalue weighted by Gasteiger charge is 2.64. The van der Waals surface area contributed by atoms with E-state index in [4.69, 9.17) is 42.6 Å². The monoisotopic (exact) mass is 742 g/mol. The van der Waals surface area contributed by atoms with Crippen LogP contribution in [0.4, 0.5) is 0 Å². The minimum absolute atomic E-state index is 0.0346. The second kappa shape index (κ2) is 16.3. The lowest BCUT2D eigenvalue weighted by molar-refractivity contribution is -0.386. The van der Waals surface area contributed by atoms with Crippen LogP contribution in [-0.4, -0.2) is 121 Å². The van der Waals surface area contributed by atoms with Gasteiger partial charge in [0, 0.05) is 55.7 Å². The number of carbonyl (C=O) groups excluding carboxylic acids is 1. The topological polar surface area (TPSA) is 124 Å². The van der Waals surface area contributed by atoms with Gasteiger partial charge in [0.25, 0.3) is 0 Å². The normalized spacial score (nSPS) is 50.7. The van der Waals surface area contributed by atoms with Crippen LogP contribution in [0.2, 0.25) is 0 Å². The molecule has 0 amide bonds. The van der Waals surface area contributed by atoms with E-state index in [-0.39, 0.29) is 60.9 Å². The molecule has 5 aliphatic rings. The van der Waals surface area contributed by atoms with E-state index in [0.717, 1.165) is 6.42 Å². The van der Waals surface area contributed by atoms with Gasteiger partial charge in [-0.2, -0.15) is 0 Å². The van der Waals surface area contributed by atoms with Crippen molar-refractivity contribution < 1.29 is 52.5 Å². The lowest BCUT2D eigenvalue weighted by atomic mass is 9.75. The van der Waals surface area contributed by atoms with E-state index in [2.05, 4.69) is 53.4 Å². The van der Waals surface area contributed by atoms with Crippen molar-refractivity contribution in [1.82, 2.24) is 4.90 Å².